The van der Waals surface area contributed by atoms with E-state index in [-0.39, 0.29) is 17.8 Å². The molecular weight excluding hydrogens is 300 g/mol. The van der Waals surface area contributed by atoms with Gasteiger partial charge < -0.3 is 10.2 Å². The first-order chi connectivity index (χ1) is 10.2. The molecule has 0 radical (unpaired) electrons. The summed E-state index contributed by atoms with van der Waals surface area (Å²) in [6.45, 7) is 6.23. The van der Waals surface area contributed by atoms with Crippen LogP contribution >= 0.6 is 0 Å². The predicted molar refractivity (Wildman–Crippen MR) is 87.6 cm³/mol. The number of nitrogens with one attached hydrogen (secondary N) is 1. The molecule has 1 heterocycles. The molecule has 0 bridgehead atoms. The Balaban J connectivity index is 2.02. The summed E-state index contributed by atoms with van der Waals surface area (Å²) in [6.07, 6.45) is 0.493. The fraction of sp³-hybridized carbons (Fsp3) is 0.562. The highest BCUT2D eigenvalue weighted by Crippen LogP contribution is 2.21. The lowest BCUT2D eigenvalue weighted by molar-refractivity contribution is 0.202. The smallest absolute Gasteiger partial charge is 0.317 e. The molecule has 1 aromatic rings. The summed E-state index contributed by atoms with van der Waals surface area (Å²) in [5.41, 5.74) is 3.43. The van der Waals surface area contributed by atoms with E-state index in [9.17, 15) is 13.2 Å². The van der Waals surface area contributed by atoms with Crippen molar-refractivity contribution in [3.05, 3.63) is 34.9 Å². The fourth-order valence-corrected chi connectivity index (χ4v) is 4.49. The maximum absolute atomic E-state index is 12.3. The van der Waals surface area contributed by atoms with E-state index in [4.69, 9.17) is 0 Å². The summed E-state index contributed by atoms with van der Waals surface area (Å²) < 4.78 is 23.5. The molecule has 22 heavy (non-hydrogen) atoms. The molecule has 1 saturated heterocycles. The zero-order chi connectivity index (χ0) is 16.5. The summed E-state index contributed by atoms with van der Waals surface area (Å²) >= 11 is 0. The van der Waals surface area contributed by atoms with Gasteiger partial charge in [0.05, 0.1) is 11.0 Å². The van der Waals surface area contributed by atoms with Gasteiger partial charge in [-0.2, -0.15) is 0 Å². The average Bonchev–Trinajstić information content (AvgIpc) is 2.70. The average molecular weight is 324 g/mol. The monoisotopic (exact) mass is 324 g/mol. The summed E-state index contributed by atoms with van der Waals surface area (Å²) in [5, 5.41) is 2.34. The van der Waals surface area contributed by atoms with Crippen LogP contribution in [0.2, 0.25) is 0 Å². The van der Waals surface area contributed by atoms with Crippen molar-refractivity contribution in [3.8, 4) is 0 Å². The van der Waals surface area contributed by atoms with Crippen LogP contribution in [0.15, 0.2) is 18.2 Å². The number of rotatable bonds is 3. The van der Waals surface area contributed by atoms with Crippen LogP contribution in [0.5, 0.6) is 0 Å². The van der Waals surface area contributed by atoms with Gasteiger partial charge in [-0.25, -0.2) is 13.2 Å². The van der Waals surface area contributed by atoms with Crippen molar-refractivity contribution in [2.24, 2.45) is 0 Å². The van der Waals surface area contributed by atoms with Gasteiger partial charge in [-0.3, -0.25) is 0 Å². The van der Waals surface area contributed by atoms with Crippen LogP contribution in [0.4, 0.5) is 4.79 Å². The van der Waals surface area contributed by atoms with Crippen LogP contribution in [0.1, 0.15) is 30.0 Å². The molecule has 6 heteroatoms. The second-order valence-electron chi connectivity index (χ2n) is 6.14. The highest BCUT2D eigenvalue weighted by atomic mass is 32.2. The summed E-state index contributed by atoms with van der Waals surface area (Å²) in [6, 6.07) is 5.54. The van der Waals surface area contributed by atoms with Crippen molar-refractivity contribution >= 4 is 15.9 Å². The fourth-order valence-electron chi connectivity index (χ4n) is 2.83. The molecule has 122 valence electrons. The lowest BCUT2D eigenvalue weighted by atomic mass is 10.0. The third kappa shape index (κ3) is 3.43. The summed E-state index contributed by atoms with van der Waals surface area (Å²) in [7, 11) is -1.32. The van der Waals surface area contributed by atoms with Gasteiger partial charge in [-0.15, -0.1) is 0 Å². The zero-order valence-corrected chi connectivity index (χ0v) is 14.4. The van der Waals surface area contributed by atoms with Crippen LogP contribution < -0.4 is 5.32 Å². The van der Waals surface area contributed by atoms with E-state index in [1.807, 2.05) is 32.0 Å². The summed E-state index contributed by atoms with van der Waals surface area (Å²) in [4.78, 5) is 13.9. The number of nitrogens with zero attached hydrogens (tertiary/aromatic N) is 1. The van der Waals surface area contributed by atoms with E-state index in [1.54, 1.807) is 18.9 Å². The first kappa shape index (κ1) is 16.8. The maximum Gasteiger partial charge on any atom is 0.317 e. The van der Waals surface area contributed by atoms with Crippen molar-refractivity contribution in [2.45, 2.75) is 45.0 Å². The molecule has 1 aliphatic heterocycles. The molecular formula is C16H24N2O3S. The highest BCUT2D eigenvalue weighted by molar-refractivity contribution is 7.92. The number of benzene rings is 1. The molecule has 2 atom stereocenters. The Kier molecular flexibility index (Phi) is 4.80. The number of hydrogen-bond acceptors (Lipinski definition) is 3. The van der Waals surface area contributed by atoms with Gasteiger partial charge in [0, 0.05) is 19.6 Å². The third-order valence-electron chi connectivity index (χ3n) is 4.54. The second-order valence-corrected chi connectivity index (χ2v) is 8.62. The number of carbonyl (C=O) groups is 1. The van der Waals surface area contributed by atoms with Crippen molar-refractivity contribution in [1.29, 1.82) is 0 Å². The van der Waals surface area contributed by atoms with E-state index in [1.165, 1.54) is 0 Å². The minimum absolute atomic E-state index is 0.153. The highest BCUT2D eigenvalue weighted by Gasteiger charge is 2.37. The number of hydrogen-bond donors (Lipinski definition) is 1. The van der Waals surface area contributed by atoms with E-state index < -0.39 is 15.1 Å². The Labute approximate surface area is 132 Å². The third-order valence-corrected chi connectivity index (χ3v) is 6.81. The minimum Gasteiger partial charge on any atom is -0.334 e. The standard InChI is InChI=1S/C16H24N2O3S/c1-11-6-5-7-12(2)14(11)10-18(4)16(19)17-15-8-9-22(20,21)13(15)3/h5-7,13,15H,8-10H2,1-4H3,(H,17,19)/t13-,15-/m1/s1. The van der Waals surface area contributed by atoms with Gasteiger partial charge in [0.15, 0.2) is 9.84 Å². The second kappa shape index (κ2) is 6.28. The van der Waals surface area contributed by atoms with Crippen LogP contribution in [-0.4, -0.2) is 43.4 Å². The van der Waals surface area contributed by atoms with E-state index in [0.29, 0.717) is 13.0 Å². The molecule has 5 nitrogen and oxygen atoms in total. The molecule has 2 amide bonds. The van der Waals surface area contributed by atoms with Gasteiger partial charge >= 0.3 is 6.03 Å². The summed E-state index contributed by atoms with van der Waals surface area (Å²) in [5.74, 6) is 0.153. The first-order valence-corrected chi connectivity index (χ1v) is 9.22. The Hall–Kier alpha value is -1.56. The van der Waals surface area contributed by atoms with Crippen LogP contribution in [0.3, 0.4) is 0 Å². The van der Waals surface area contributed by atoms with Gasteiger partial charge in [0.2, 0.25) is 0 Å². The number of amides is 2. The number of carbonyl (C=O) groups excluding carboxylic acids is 1. The predicted octanol–water partition coefficient (Wildman–Crippen LogP) is 2.02. The number of urea groups is 1. The van der Waals surface area contributed by atoms with Crippen LogP contribution in [0.25, 0.3) is 0 Å². The van der Waals surface area contributed by atoms with Crippen molar-refractivity contribution in [3.63, 3.8) is 0 Å². The van der Waals surface area contributed by atoms with Crippen LogP contribution in [-0.2, 0) is 16.4 Å². The van der Waals surface area contributed by atoms with Crippen molar-refractivity contribution in [2.75, 3.05) is 12.8 Å². The first-order valence-electron chi connectivity index (χ1n) is 7.50. The SMILES string of the molecule is Cc1cccc(C)c1CN(C)C(=O)N[C@@H]1CCS(=O)(=O)[C@@H]1C. The molecule has 1 aromatic carbocycles. The molecule has 0 aliphatic carbocycles. The van der Waals surface area contributed by atoms with Gasteiger partial charge in [0.25, 0.3) is 0 Å². The zero-order valence-electron chi connectivity index (χ0n) is 13.6. The molecule has 0 spiro atoms. The molecule has 0 saturated carbocycles. The van der Waals surface area contributed by atoms with Gasteiger partial charge in [0.1, 0.15) is 0 Å². The van der Waals surface area contributed by atoms with Crippen molar-refractivity contribution < 1.29 is 13.2 Å². The van der Waals surface area contributed by atoms with Crippen molar-refractivity contribution in [1.82, 2.24) is 10.2 Å². The Morgan fingerprint density at radius 1 is 1.32 bits per heavy atom. The Bertz CT molecular complexity index is 650. The number of sulfone groups is 1. The minimum atomic E-state index is -3.05. The lowest BCUT2D eigenvalue weighted by Crippen LogP contribution is -2.46. The van der Waals surface area contributed by atoms with E-state index in [2.05, 4.69) is 5.32 Å². The quantitative estimate of drug-likeness (QED) is 0.925. The molecule has 1 N–H and O–H groups in total. The Morgan fingerprint density at radius 3 is 2.41 bits per heavy atom. The van der Waals surface area contributed by atoms with Crippen LogP contribution in [0, 0.1) is 13.8 Å². The van der Waals surface area contributed by atoms with Gasteiger partial charge in [-0.1, -0.05) is 18.2 Å². The lowest BCUT2D eigenvalue weighted by Gasteiger charge is -2.24. The topological polar surface area (TPSA) is 66.5 Å². The van der Waals surface area contributed by atoms with Gasteiger partial charge in [-0.05, 0) is 43.9 Å². The molecule has 2 rings (SSSR count). The van der Waals surface area contributed by atoms with E-state index in [0.717, 1.165) is 16.7 Å². The molecule has 1 aliphatic rings. The maximum atomic E-state index is 12.3. The Morgan fingerprint density at radius 2 is 1.91 bits per heavy atom. The molecule has 0 aromatic heterocycles. The largest absolute Gasteiger partial charge is 0.334 e. The number of aryl methyl sites for hydroxylation is 2. The molecule has 1 fully saturated rings. The van der Waals surface area contributed by atoms with E-state index >= 15 is 0 Å². The molecule has 0 unspecified atom stereocenters. The normalized spacial score (nSPS) is 23.3.